The van der Waals surface area contributed by atoms with E-state index >= 15 is 0 Å². The molecule has 3 aliphatic rings. The standard InChI is InChI=1S/C54H71N7O8.4H2S/c1-10-60-46-20-19-36-29-42(46)43(49(60)41-16-12-11-15-38(41)32-68-9)30-54(4,5)33-69-53(67)44-17-13-23-61(56-44)52(66)45(27-35-25-39(36)28-40(62)26-35)55-50(64)48(34(2)3)58(8)51(65)37-21-24-59(31-37)47(63)18-14-22-57(6)7;;;;/h11-12,14-16,18-20,25-26,28-29,34,37,44-45,48,56,62H,10,13,17,21-24,27,30-33H2,1-9H3,(H,55,64);4*1H2/b18-14+;;;;/t37-,44-,45-,48-;;;;/m0..../s1. The molecule has 15 nitrogen and oxygen atoms in total. The molecule has 2 fully saturated rings. The third-order valence-corrected chi connectivity index (χ3v) is 13.7. The van der Waals surface area contributed by atoms with Crippen molar-refractivity contribution >= 4 is 94.5 Å². The molecule has 4 atom stereocenters. The first-order valence-electron chi connectivity index (χ1n) is 24.4. The molecule has 3 aliphatic heterocycles. The Labute approximate surface area is 459 Å². The number of rotatable bonds is 12. The van der Waals surface area contributed by atoms with E-state index in [1.165, 1.54) is 16.0 Å². The molecule has 0 spiro atoms. The van der Waals surface area contributed by atoms with Gasteiger partial charge < -0.3 is 39.2 Å². The minimum Gasteiger partial charge on any atom is -0.508 e. The largest absolute Gasteiger partial charge is 0.508 e. The van der Waals surface area contributed by atoms with Crippen molar-refractivity contribution in [3.05, 3.63) is 89.5 Å². The first kappa shape index (κ1) is 62.7. The van der Waals surface area contributed by atoms with Crippen LogP contribution in [0.3, 0.4) is 0 Å². The van der Waals surface area contributed by atoms with E-state index < -0.39 is 47.2 Å². The molecule has 0 aliphatic carbocycles. The number of nitrogens with one attached hydrogen (secondary N) is 2. The van der Waals surface area contributed by atoms with Gasteiger partial charge in [0.25, 0.3) is 5.91 Å². The monoisotopic (exact) mass is 1080 g/mol. The number of ether oxygens (including phenoxy) is 2. The Bertz CT molecular complexity index is 2600. The number of esters is 1. The Hall–Kier alpha value is -4.63. The summed E-state index contributed by atoms with van der Waals surface area (Å²) < 4.78 is 14.1. The van der Waals surface area contributed by atoms with Crippen molar-refractivity contribution in [1.29, 1.82) is 0 Å². The predicted molar refractivity (Wildman–Crippen MR) is 308 cm³/mol. The van der Waals surface area contributed by atoms with Crippen LogP contribution < -0.4 is 10.7 Å². The lowest BCUT2D eigenvalue weighted by Crippen LogP contribution is -2.62. The van der Waals surface area contributed by atoms with E-state index in [0.717, 1.165) is 44.4 Å². The van der Waals surface area contributed by atoms with E-state index in [1.807, 2.05) is 57.1 Å². The van der Waals surface area contributed by atoms with Crippen molar-refractivity contribution in [2.45, 2.75) is 98.0 Å². The average Bonchev–Trinajstić information content (AvgIpc) is 3.93. The van der Waals surface area contributed by atoms with Crippen LogP contribution >= 0.6 is 54.0 Å². The summed E-state index contributed by atoms with van der Waals surface area (Å²) >= 11 is 0. The van der Waals surface area contributed by atoms with Gasteiger partial charge in [0.05, 0.1) is 24.8 Å². The number of likely N-dealkylation sites (N-methyl/N-ethyl adjacent to an activating group) is 2. The van der Waals surface area contributed by atoms with Crippen LogP contribution in [-0.4, -0.2) is 138 Å². The minimum absolute atomic E-state index is 0. The van der Waals surface area contributed by atoms with Gasteiger partial charge in [-0.05, 0) is 105 Å². The molecule has 4 aromatic rings. The number of carbonyl (C=O) groups is 5. The minimum atomic E-state index is -1.16. The van der Waals surface area contributed by atoms with Gasteiger partial charge in [-0.1, -0.05) is 70.2 Å². The maximum atomic E-state index is 14.8. The van der Waals surface area contributed by atoms with Crippen molar-refractivity contribution in [2.75, 3.05) is 61.0 Å². The van der Waals surface area contributed by atoms with E-state index in [0.29, 0.717) is 57.5 Å². The molecular weight excluding hydrogens is 1000 g/mol. The molecule has 4 amide bonds. The van der Waals surface area contributed by atoms with Crippen molar-refractivity contribution in [2.24, 2.45) is 17.3 Å². The van der Waals surface area contributed by atoms with Crippen LogP contribution in [0, 0.1) is 17.3 Å². The summed E-state index contributed by atoms with van der Waals surface area (Å²) in [4.78, 5) is 75.5. The highest BCUT2D eigenvalue weighted by Gasteiger charge is 2.40. The van der Waals surface area contributed by atoms with Gasteiger partial charge >= 0.3 is 5.97 Å². The lowest BCUT2D eigenvalue weighted by molar-refractivity contribution is -0.155. The molecule has 4 heterocycles. The van der Waals surface area contributed by atoms with Crippen molar-refractivity contribution in [3.8, 4) is 28.1 Å². The molecule has 402 valence electrons. The number of benzene rings is 3. The molecule has 3 N–H and O–H groups in total. The number of methoxy groups -OCH3 is 1. The molecule has 0 unspecified atom stereocenters. The number of phenols is 1. The molecule has 6 bridgehead atoms. The SMILES string of the molecule is CCn1c(-c2ccccc2COC)c2c3cc(ccc31)-c1cc(O)cc(c1)C[C@H](NC(=O)[C@H](C(C)C)N(C)C(=O)[C@H]1CCN(C(=O)/C=C/CN(C)C)C1)C(=O)N1CCC[C@H](N1)C(=O)OCC(C)(C)C2.S.S.S.S. The Balaban J connectivity index is 0.00000352. The smallest absolute Gasteiger partial charge is 0.324 e. The predicted octanol–water partition coefficient (Wildman–Crippen LogP) is 6.40. The summed E-state index contributed by atoms with van der Waals surface area (Å²) in [5, 5.41) is 16.8. The van der Waals surface area contributed by atoms with Crippen LogP contribution in [0.2, 0.25) is 0 Å². The highest BCUT2D eigenvalue weighted by Crippen LogP contribution is 2.41. The maximum Gasteiger partial charge on any atom is 0.324 e. The Morgan fingerprint density at radius 1 is 0.973 bits per heavy atom. The fraction of sp³-hybridized carbons (Fsp3) is 0.500. The van der Waals surface area contributed by atoms with E-state index in [-0.39, 0.29) is 104 Å². The summed E-state index contributed by atoms with van der Waals surface area (Å²) in [5.74, 6) is -2.71. The topological polar surface area (TPSA) is 166 Å². The first-order valence-corrected chi connectivity index (χ1v) is 24.4. The average molecular weight is 1080 g/mol. The number of hydrogen-bond acceptors (Lipinski definition) is 10. The Kier molecular flexibility index (Phi) is 23.4. The quantitative estimate of drug-likeness (QED) is 0.107. The molecule has 7 rings (SSSR count). The molecule has 0 radical (unpaired) electrons. The van der Waals surface area contributed by atoms with E-state index in [4.69, 9.17) is 9.47 Å². The van der Waals surface area contributed by atoms with Gasteiger partial charge in [-0.2, -0.15) is 54.0 Å². The van der Waals surface area contributed by atoms with Gasteiger partial charge in [-0.15, -0.1) is 0 Å². The van der Waals surface area contributed by atoms with Gasteiger partial charge in [0.2, 0.25) is 17.7 Å². The zero-order valence-electron chi connectivity index (χ0n) is 43.8. The molecule has 3 aromatic carbocycles. The van der Waals surface area contributed by atoms with Crippen LogP contribution in [0.5, 0.6) is 5.75 Å². The second-order valence-corrected chi connectivity index (χ2v) is 20.4. The van der Waals surface area contributed by atoms with Crippen LogP contribution in [0.1, 0.15) is 70.6 Å². The number of cyclic esters (lactones) is 1. The normalized spacial score (nSPS) is 19.2. The van der Waals surface area contributed by atoms with Crippen molar-refractivity contribution in [3.63, 3.8) is 0 Å². The van der Waals surface area contributed by atoms with Gasteiger partial charge in [-0.3, -0.25) is 29.0 Å². The number of hydrazine groups is 1. The number of fused-ring (bicyclic) bond motifs is 6. The fourth-order valence-corrected chi connectivity index (χ4v) is 10.3. The second kappa shape index (κ2) is 27.2. The number of likely N-dealkylation sites (tertiary alicyclic amines) is 1. The zero-order chi connectivity index (χ0) is 49.7. The van der Waals surface area contributed by atoms with Crippen LogP contribution in [0.15, 0.2) is 72.8 Å². The lowest BCUT2D eigenvalue weighted by Gasteiger charge is -2.37. The first-order chi connectivity index (χ1) is 32.9. The van der Waals surface area contributed by atoms with Gasteiger partial charge in [0.1, 0.15) is 23.9 Å². The van der Waals surface area contributed by atoms with E-state index in [1.54, 1.807) is 37.3 Å². The molecule has 2 saturated heterocycles. The summed E-state index contributed by atoms with van der Waals surface area (Å²) in [5.41, 5.74) is 10.1. The van der Waals surface area contributed by atoms with Crippen molar-refractivity contribution < 1.29 is 38.6 Å². The number of nitrogens with zero attached hydrogens (tertiary/aromatic N) is 5. The lowest BCUT2D eigenvalue weighted by atomic mass is 9.84. The number of aryl methyl sites for hydroxylation is 1. The highest BCUT2D eigenvalue weighted by atomic mass is 32.1. The van der Waals surface area contributed by atoms with Gasteiger partial charge in [0.15, 0.2) is 0 Å². The van der Waals surface area contributed by atoms with Crippen molar-refractivity contribution in [1.82, 2.24) is 35.0 Å². The summed E-state index contributed by atoms with van der Waals surface area (Å²) in [7, 11) is 7.13. The second-order valence-electron chi connectivity index (χ2n) is 20.4. The summed E-state index contributed by atoms with van der Waals surface area (Å²) in [6.07, 6.45) is 5.33. The molecule has 1 aromatic heterocycles. The number of hydrogen-bond donors (Lipinski definition) is 3. The van der Waals surface area contributed by atoms with Gasteiger partial charge in [0, 0.05) is 81.3 Å². The van der Waals surface area contributed by atoms with Crippen LogP contribution in [0.25, 0.3) is 33.3 Å². The summed E-state index contributed by atoms with van der Waals surface area (Å²) in [6, 6.07) is 16.9. The highest BCUT2D eigenvalue weighted by molar-refractivity contribution is 7.59. The van der Waals surface area contributed by atoms with Gasteiger partial charge in [-0.25, -0.2) is 5.43 Å². The Morgan fingerprint density at radius 3 is 2.38 bits per heavy atom. The number of aromatic nitrogens is 1. The molecule has 73 heavy (non-hydrogen) atoms. The molecule has 19 heteroatoms. The van der Waals surface area contributed by atoms with E-state index in [9.17, 15) is 29.1 Å². The van der Waals surface area contributed by atoms with Crippen LogP contribution in [0.4, 0.5) is 0 Å². The third kappa shape index (κ3) is 14.6. The third-order valence-electron chi connectivity index (χ3n) is 13.7. The maximum absolute atomic E-state index is 14.8. The van der Waals surface area contributed by atoms with Crippen LogP contribution in [-0.2, 0) is 59.4 Å². The number of amides is 4. The summed E-state index contributed by atoms with van der Waals surface area (Å²) in [6.45, 7) is 12.8. The molecule has 0 saturated carbocycles. The number of carbonyl (C=O) groups excluding carboxylic acids is 5. The zero-order valence-corrected chi connectivity index (χ0v) is 47.8. The molecular formula is C54H79N7O8S4. The number of aromatic hydroxyl groups is 1. The fourth-order valence-electron chi connectivity index (χ4n) is 10.3. The Morgan fingerprint density at radius 2 is 1.70 bits per heavy atom. The van der Waals surface area contributed by atoms with E-state index in [2.05, 4.69) is 60.3 Å². The number of phenolic OH excluding ortho intramolecular Hbond substituents is 1.